The van der Waals surface area contributed by atoms with E-state index in [1.807, 2.05) is 0 Å². The Balaban J connectivity index is 1.83. The molecule has 0 bridgehead atoms. The van der Waals surface area contributed by atoms with Gasteiger partial charge in [0.1, 0.15) is 5.82 Å². The lowest BCUT2D eigenvalue weighted by Gasteiger charge is -2.22. The maximum absolute atomic E-state index is 14.5. The number of pyridine rings is 1. The highest BCUT2D eigenvalue weighted by molar-refractivity contribution is 6.00. The molecule has 0 saturated carbocycles. The van der Waals surface area contributed by atoms with Gasteiger partial charge in [0.25, 0.3) is 11.5 Å². The number of hydrogen-bond acceptors (Lipinski definition) is 4. The Hall–Kier alpha value is -2.80. The van der Waals surface area contributed by atoms with Crippen LogP contribution in [0.5, 0.6) is 0 Å². The average molecular weight is 428 g/mol. The summed E-state index contributed by atoms with van der Waals surface area (Å²) in [5, 5.41) is 6.22. The van der Waals surface area contributed by atoms with Gasteiger partial charge in [-0.2, -0.15) is 0 Å². The van der Waals surface area contributed by atoms with E-state index in [1.165, 1.54) is 16.8 Å². The summed E-state index contributed by atoms with van der Waals surface area (Å²) >= 11 is 0. The Morgan fingerprint density at radius 1 is 1.26 bits per heavy atom. The summed E-state index contributed by atoms with van der Waals surface area (Å²) in [6.45, 7) is 5.81. The molecule has 0 aliphatic carbocycles. The molecule has 1 aromatic carbocycles. The number of Topliss-reactive ketones (excluding diaryl/α,β-unsaturated/α-hetero) is 1. The van der Waals surface area contributed by atoms with Gasteiger partial charge in [0.05, 0.1) is 17.7 Å². The van der Waals surface area contributed by atoms with Crippen molar-refractivity contribution < 1.29 is 14.0 Å². The van der Waals surface area contributed by atoms with Crippen molar-refractivity contribution in [3.63, 3.8) is 0 Å². The molecule has 0 unspecified atom stereocenters. The van der Waals surface area contributed by atoms with Gasteiger partial charge in [0.2, 0.25) is 0 Å². The van der Waals surface area contributed by atoms with Gasteiger partial charge in [-0.05, 0) is 56.8 Å². The van der Waals surface area contributed by atoms with E-state index < -0.39 is 11.4 Å². The second-order valence-electron chi connectivity index (χ2n) is 8.14. The summed E-state index contributed by atoms with van der Waals surface area (Å²) in [4.78, 5) is 37.9. The molecular weight excluding hydrogens is 397 g/mol. The lowest BCUT2D eigenvalue weighted by Crippen LogP contribution is -2.33. The first kappa shape index (κ1) is 22.9. The van der Waals surface area contributed by atoms with Crippen molar-refractivity contribution in [3.8, 4) is 0 Å². The summed E-state index contributed by atoms with van der Waals surface area (Å²) in [6.07, 6.45) is 4.64. The number of carbonyl (C=O) groups is 2. The van der Waals surface area contributed by atoms with Crippen molar-refractivity contribution in [2.24, 2.45) is 5.92 Å². The summed E-state index contributed by atoms with van der Waals surface area (Å²) in [5.74, 6) is -0.489. The van der Waals surface area contributed by atoms with Crippen LogP contribution in [-0.2, 0) is 6.54 Å². The maximum Gasteiger partial charge on any atom is 0.261 e. The fourth-order valence-corrected chi connectivity index (χ4v) is 3.94. The van der Waals surface area contributed by atoms with Crippen LogP contribution in [0.15, 0.2) is 35.3 Å². The Bertz CT molecular complexity index is 1010. The molecular formula is C24H30FN3O3. The third kappa shape index (κ3) is 5.67. The van der Waals surface area contributed by atoms with Gasteiger partial charge in [-0.25, -0.2) is 4.39 Å². The highest BCUT2D eigenvalue weighted by atomic mass is 19.1. The number of rotatable bonds is 8. The van der Waals surface area contributed by atoms with Crippen molar-refractivity contribution in [1.29, 1.82) is 0 Å². The molecule has 1 aliphatic rings. The number of hydrogen-bond donors (Lipinski definition) is 2. The molecule has 1 saturated heterocycles. The molecule has 3 rings (SSSR count). The Labute approximate surface area is 181 Å². The molecule has 7 heteroatoms. The number of aryl methyl sites for hydroxylation is 1. The Morgan fingerprint density at radius 3 is 2.71 bits per heavy atom. The fraction of sp³-hybridized carbons (Fsp3) is 0.458. The van der Waals surface area contributed by atoms with Crippen LogP contribution < -0.4 is 16.2 Å². The summed E-state index contributed by atoms with van der Waals surface area (Å²) in [6, 6.07) is 6.33. The third-order valence-corrected chi connectivity index (χ3v) is 5.88. The first-order chi connectivity index (χ1) is 14.9. The van der Waals surface area contributed by atoms with Crippen LogP contribution in [0.4, 0.5) is 4.39 Å². The van der Waals surface area contributed by atoms with E-state index in [0.717, 1.165) is 32.4 Å². The second kappa shape index (κ2) is 10.5. The molecule has 2 aromatic rings. The number of carbonyl (C=O) groups excluding carboxylic acids is 2. The number of halogens is 1. The van der Waals surface area contributed by atoms with Crippen LogP contribution in [0.3, 0.4) is 0 Å². The Morgan fingerprint density at radius 2 is 2.00 bits per heavy atom. The van der Waals surface area contributed by atoms with E-state index in [1.54, 1.807) is 32.0 Å². The summed E-state index contributed by atoms with van der Waals surface area (Å²) in [7, 11) is 0. The van der Waals surface area contributed by atoms with Crippen LogP contribution in [0, 0.1) is 18.7 Å². The van der Waals surface area contributed by atoms with Gasteiger partial charge >= 0.3 is 0 Å². The second-order valence-corrected chi connectivity index (χ2v) is 8.14. The standard InChI is InChI=1S/C24H30FN3O3/c1-3-21(29)20-13-19(23(30)27-12-9-17-7-10-26-11-8-17)15-28(24(20)31)14-18-6-4-5-16(2)22(18)25/h4-6,13,15,17,26H,3,7-12,14H2,1-2H3,(H,27,30). The predicted octanol–water partition coefficient (Wildman–Crippen LogP) is 3.06. The summed E-state index contributed by atoms with van der Waals surface area (Å²) < 4.78 is 15.7. The number of piperidine rings is 1. The van der Waals surface area contributed by atoms with Gasteiger partial charge in [-0.1, -0.05) is 25.1 Å². The lowest BCUT2D eigenvalue weighted by molar-refractivity contribution is 0.0949. The topological polar surface area (TPSA) is 80.2 Å². The smallest absolute Gasteiger partial charge is 0.261 e. The number of ketones is 1. The first-order valence-corrected chi connectivity index (χ1v) is 10.9. The maximum atomic E-state index is 14.5. The van der Waals surface area contributed by atoms with Gasteiger partial charge in [0.15, 0.2) is 5.78 Å². The van der Waals surface area contributed by atoms with Crippen LogP contribution >= 0.6 is 0 Å². The van der Waals surface area contributed by atoms with Crippen molar-refractivity contribution >= 4 is 11.7 Å². The van der Waals surface area contributed by atoms with Crippen molar-refractivity contribution in [2.75, 3.05) is 19.6 Å². The van der Waals surface area contributed by atoms with Crippen molar-refractivity contribution in [2.45, 2.75) is 46.1 Å². The average Bonchev–Trinajstić information content (AvgIpc) is 2.78. The molecule has 0 radical (unpaired) electrons. The van der Waals surface area contributed by atoms with Gasteiger partial charge < -0.3 is 15.2 Å². The zero-order chi connectivity index (χ0) is 22.4. The van der Waals surface area contributed by atoms with Gasteiger partial charge in [0, 0.05) is 24.7 Å². The van der Waals surface area contributed by atoms with Crippen LogP contribution in [-0.4, -0.2) is 35.9 Å². The molecule has 2 heterocycles. The largest absolute Gasteiger partial charge is 0.352 e. The summed E-state index contributed by atoms with van der Waals surface area (Å²) in [5.41, 5.74) is 0.484. The number of nitrogens with one attached hydrogen (secondary N) is 2. The van der Waals surface area contributed by atoms with Crippen LogP contribution in [0.25, 0.3) is 0 Å². The fourth-order valence-electron chi connectivity index (χ4n) is 3.94. The molecule has 166 valence electrons. The number of nitrogens with zero attached hydrogens (tertiary/aromatic N) is 1. The number of amides is 1. The SMILES string of the molecule is CCC(=O)c1cc(C(=O)NCCC2CCNCC2)cn(Cc2cccc(C)c2F)c1=O. The zero-order valence-corrected chi connectivity index (χ0v) is 18.2. The Kier molecular flexibility index (Phi) is 7.74. The third-order valence-electron chi connectivity index (χ3n) is 5.88. The molecule has 2 N–H and O–H groups in total. The quantitative estimate of drug-likeness (QED) is 0.635. The molecule has 0 spiro atoms. The van der Waals surface area contributed by atoms with E-state index in [2.05, 4.69) is 10.6 Å². The molecule has 1 amide bonds. The van der Waals surface area contributed by atoms with Crippen LogP contribution in [0.1, 0.15) is 64.4 Å². The van der Waals surface area contributed by atoms with E-state index in [-0.39, 0.29) is 35.8 Å². The molecule has 31 heavy (non-hydrogen) atoms. The van der Waals surface area contributed by atoms with E-state index in [4.69, 9.17) is 0 Å². The van der Waals surface area contributed by atoms with Gasteiger partial charge in [-0.3, -0.25) is 14.4 Å². The van der Waals surface area contributed by atoms with E-state index in [9.17, 15) is 18.8 Å². The normalized spacial score (nSPS) is 14.4. The van der Waals surface area contributed by atoms with Gasteiger partial charge in [-0.15, -0.1) is 0 Å². The van der Waals surface area contributed by atoms with Crippen molar-refractivity contribution in [3.05, 3.63) is 68.9 Å². The monoisotopic (exact) mass is 427 g/mol. The number of benzene rings is 1. The lowest BCUT2D eigenvalue weighted by atomic mass is 9.95. The minimum atomic E-state index is -0.515. The predicted molar refractivity (Wildman–Crippen MR) is 118 cm³/mol. The molecule has 1 aliphatic heterocycles. The highest BCUT2D eigenvalue weighted by Crippen LogP contribution is 2.16. The van der Waals surface area contributed by atoms with E-state index >= 15 is 0 Å². The molecule has 0 atom stereocenters. The zero-order valence-electron chi connectivity index (χ0n) is 18.2. The van der Waals surface area contributed by atoms with Crippen LogP contribution in [0.2, 0.25) is 0 Å². The molecule has 1 fully saturated rings. The highest BCUT2D eigenvalue weighted by Gasteiger charge is 2.18. The first-order valence-electron chi connectivity index (χ1n) is 10.9. The van der Waals surface area contributed by atoms with Crippen molar-refractivity contribution in [1.82, 2.24) is 15.2 Å². The minimum absolute atomic E-state index is 0.0402. The van der Waals surface area contributed by atoms with E-state index in [0.29, 0.717) is 23.6 Å². The molecule has 1 aromatic heterocycles. The molecule has 6 nitrogen and oxygen atoms in total. The minimum Gasteiger partial charge on any atom is -0.352 e. The number of aromatic nitrogens is 1.